The second-order valence-corrected chi connectivity index (χ2v) is 6.46. The molecule has 2 rings (SSSR count). The molecule has 17 heavy (non-hydrogen) atoms. The van der Waals surface area contributed by atoms with E-state index in [4.69, 9.17) is 5.73 Å². The third-order valence-electron chi connectivity index (χ3n) is 5.52. The molecule has 3 N–H and O–H groups in total. The maximum absolute atomic E-state index is 11.7. The van der Waals surface area contributed by atoms with Gasteiger partial charge in [-0.3, -0.25) is 4.79 Å². The van der Waals surface area contributed by atoms with Crippen molar-refractivity contribution in [3.05, 3.63) is 0 Å². The van der Waals surface area contributed by atoms with Gasteiger partial charge in [0, 0.05) is 6.04 Å². The van der Waals surface area contributed by atoms with Gasteiger partial charge in [-0.2, -0.15) is 0 Å². The van der Waals surface area contributed by atoms with Crippen molar-refractivity contribution >= 4 is 18.3 Å². The molecule has 2 aliphatic rings. The first-order valence-electron chi connectivity index (χ1n) is 6.35. The Morgan fingerprint density at radius 3 is 2.35 bits per heavy atom. The van der Waals surface area contributed by atoms with E-state index < -0.39 is 6.04 Å². The fourth-order valence-corrected chi connectivity index (χ4v) is 3.73. The van der Waals surface area contributed by atoms with Gasteiger partial charge in [0.05, 0.1) is 6.04 Å². The molecule has 2 fully saturated rings. The minimum absolute atomic E-state index is 0. The Kier molecular flexibility index (Phi) is 3.85. The maximum atomic E-state index is 11.7. The van der Waals surface area contributed by atoms with Gasteiger partial charge in [-0.05, 0) is 42.9 Å². The van der Waals surface area contributed by atoms with E-state index in [9.17, 15) is 4.79 Å². The van der Waals surface area contributed by atoms with E-state index in [1.54, 1.807) is 6.92 Å². The summed E-state index contributed by atoms with van der Waals surface area (Å²) >= 11 is 0. The summed E-state index contributed by atoms with van der Waals surface area (Å²) in [6.07, 6.45) is 3.67. The highest BCUT2D eigenvalue weighted by Gasteiger charge is 2.61. The normalized spacial score (nSPS) is 39.6. The summed E-state index contributed by atoms with van der Waals surface area (Å²) in [4.78, 5) is 11.7. The zero-order chi connectivity index (χ0) is 12.1. The molecule has 2 aliphatic carbocycles. The van der Waals surface area contributed by atoms with Crippen LogP contribution in [0, 0.1) is 16.7 Å². The van der Waals surface area contributed by atoms with Gasteiger partial charge in [0.15, 0.2) is 0 Å². The molecule has 0 heterocycles. The molecular formula is C13H25ClN2O. The number of nitrogens with two attached hydrogens (primary N) is 1. The molecule has 0 aliphatic heterocycles. The Bertz CT molecular complexity index is 317. The summed E-state index contributed by atoms with van der Waals surface area (Å²) in [6, 6.07) is -0.0782. The Balaban J connectivity index is 0.00000144. The van der Waals surface area contributed by atoms with Crippen molar-refractivity contribution in [1.29, 1.82) is 0 Å². The van der Waals surface area contributed by atoms with E-state index in [0.29, 0.717) is 11.5 Å². The van der Waals surface area contributed by atoms with Crippen LogP contribution in [0.3, 0.4) is 0 Å². The first-order chi connectivity index (χ1) is 7.29. The monoisotopic (exact) mass is 260 g/mol. The van der Waals surface area contributed by atoms with Crippen molar-refractivity contribution in [2.24, 2.45) is 22.5 Å². The second-order valence-electron chi connectivity index (χ2n) is 6.46. The molecule has 100 valence electrons. The third kappa shape index (κ3) is 1.97. The third-order valence-corrected chi connectivity index (χ3v) is 5.52. The van der Waals surface area contributed by atoms with Crippen LogP contribution in [0.5, 0.6) is 0 Å². The average Bonchev–Trinajstić information content (AvgIpc) is 2.50. The number of fused-ring (bicyclic) bond motifs is 2. The van der Waals surface area contributed by atoms with Crippen LogP contribution < -0.4 is 11.1 Å². The summed E-state index contributed by atoms with van der Waals surface area (Å²) in [5.41, 5.74) is 6.21. The van der Waals surface area contributed by atoms with Gasteiger partial charge in [-0.25, -0.2) is 0 Å². The number of rotatable bonds is 2. The number of nitrogens with one attached hydrogen (secondary N) is 1. The van der Waals surface area contributed by atoms with Crippen LogP contribution in [0.25, 0.3) is 0 Å². The molecule has 3 unspecified atom stereocenters. The molecule has 4 heteroatoms. The SMILES string of the molecule is C[C@@H](N)C(=O)NC1CC2CCC1(C)C2(C)C.Cl. The van der Waals surface area contributed by atoms with Crippen LogP contribution in [-0.4, -0.2) is 18.0 Å². The van der Waals surface area contributed by atoms with Crippen molar-refractivity contribution < 1.29 is 4.79 Å². The average molecular weight is 261 g/mol. The Morgan fingerprint density at radius 1 is 1.41 bits per heavy atom. The first kappa shape index (κ1) is 14.8. The van der Waals surface area contributed by atoms with Gasteiger partial charge in [0.2, 0.25) is 5.91 Å². The molecule has 3 nitrogen and oxygen atoms in total. The van der Waals surface area contributed by atoms with Gasteiger partial charge in [0.25, 0.3) is 0 Å². The zero-order valence-electron chi connectivity index (χ0n) is 11.2. The topological polar surface area (TPSA) is 55.1 Å². The van der Waals surface area contributed by atoms with E-state index in [1.165, 1.54) is 12.8 Å². The van der Waals surface area contributed by atoms with Crippen molar-refractivity contribution in [3.63, 3.8) is 0 Å². The van der Waals surface area contributed by atoms with Crippen LogP contribution in [0.4, 0.5) is 0 Å². The highest BCUT2D eigenvalue weighted by molar-refractivity contribution is 5.85. The van der Waals surface area contributed by atoms with Gasteiger partial charge in [0.1, 0.15) is 0 Å². The molecule has 0 aromatic carbocycles. The highest BCUT2D eigenvalue weighted by Crippen LogP contribution is 2.65. The number of carbonyl (C=O) groups excluding carboxylic acids is 1. The summed E-state index contributed by atoms with van der Waals surface area (Å²) in [5.74, 6) is 0.755. The lowest BCUT2D eigenvalue weighted by molar-refractivity contribution is -0.123. The van der Waals surface area contributed by atoms with Crippen LogP contribution in [0.1, 0.15) is 47.0 Å². The molecule has 2 bridgehead atoms. The van der Waals surface area contributed by atoms with Gasteiger partial charge in [-0.1, -0.05) is 20.8 Å². The largest absolute Gasteiger partial charge is 0.351 e. The predicted octanol–water partition coefficient (Wildman–Crippen LogP) is 2.09. The zero-order valence-corrected chi connectivity index (χ0v) is 12.1. The van der Waals surface area contributed by atoms with Gasteiger partial charge in [-0.15, -0.1) is 12.4 Å². The van der Waals surface area contributed by atoms with E-state index in [-0.39, 0.29) is 23.7 Å². The lowest BCUT2D eigenvalue weighted by Gasteiger charge is -2.39. The van der Waals surface area contributed by atoms with Crippen molar-refractivity contribution in [2.45, 2.75) is 59.0 Å². The molecule has 1 amide bonds. The van der Waals surface area contributed by atoms with Crippen molar-refractivity contribution in [1.82, 2.24) is 5.32 Å². The fourth-order valence-electron chi connectivity index (χ4n) is 3.73. The molecule has 0 saturated heterocycles. The smallest absolute Gasteiger partial charge is 0.236 e. The summed E-state index contributed by atoms with van der Waals surface area (Å²) < 4.78 is 0. The van der Waals surface area contributed by atoms with Crippen molar-refractivity contribution in [2.75, 3.05) is 0 Å². The van der Waals surface area contributed by atoms with Crippen LogP contribution >= 0.6 is 12.4 Å². The highest BCUT2D eigenvalue weighted by atomic mass is 35.5. The maximum Gasteiger partial charge on any atom is 0.236 e. The molecule has 2 saturated carbocycles. The Morgan fingerprint density at radius 2 is 2.00 bits per heavy atom. The van der Waals surface area contributed by atoms with E-state index in [2.05, 4.69) is 26.1 Å². The summed E-state index contributed by atoms with van der Waals surface area (Å²) in [6.45, 7) is 8.77. The summed E-state index contributed by atoms with van der Waals surface area (Å²) in [5, 5.41) is 3.14. The van der Waals surface area contributed by atoms with E-state index in [0.717, 1.165) is 12.3 Å². The number of halogens is 1. The quantitative estimate of drug-likeness (QED) is 0.799. The van der Waals surface area contributed by atoms with Crippen molar-refractivity contribution in [3.8, 4) is 0 Å². The molecule has 0 spiro atoms. The first-order valence-corrected chi connectivity index (χ1v) is 6.35. The molecular weight excluding hydrogens is 236 g/mol. The minimum Gasteiger partial charge on any atom is -0.351 e. The van der Waals surface area contributed by atoms with E-state index in [1.807, 2.05) is 0 Å². The van der Waals surface area contributed by atoms with Gasteiger partial charge < -0.3 is 11.1 Å². The summed E-state index contributed by atoms with van der Waals surface area (Å²) in [7, 11) is 0. The van der Waals surface area contributed by atoms with Crippen LogP contribution in [-0.2, 0) is 4.79 Å². The lowest BCUT2D eigenvalue weighted by atomic mass is 9.69. The predicted molar refractivity (Wildman–Crippen MR) is 72.1 cm³/mol. The fraction of sp³-hybridized carbons (Fsp3) is 0.923. The Labute approximate surface area is 110 Å². The van der Waals surface area contributed by atoms with Crippen LogP contribution in [0.2, 0.25) is 0 Å². The molecule has 4 atom stereocenters. The number of hydrogen-bond donors (Lipinski definition) is 2. The van der Waals surface area contributed by atoms with Crippen LogP contribution in [0.15, 0.2) is 0 Å². The lowest BCUT2D eigenvalue weighted by Crippen LogP contribution is -2.50. The van der Waals surface area contributed by atoms with E-state index >= 15 is 0 Å². The molecule has 0 aromatic heterocycles. The second kappa shape index (κ2) is 4.43. The minimum atomic E-state index is -0.397. The number of hydrogen-bond acceptors (Lipinski definition) is 2. The van der Waals surface area contributed by atoms with Gasteiger partial charge >= 0.3 is 0 Å². The number of carbonyl (C=O) groups is 1. The standard InChI is InChI=1S/C13H24N2O.ClH/c1-8(14)11(16)15-10-7-9-5-6-13(10,4)12(9,2)3;/h8-10H,5-7,14H2,1-4H3,(H,15,16);1H/t8-,9?,10?,13?;/m1./s1. The Hall–Kier alpha value is -0.280. The molecule has 0 radical (unpaired) electrons. The molecule has 0 aromatic rings. The number of amides is 1.